The minimum atomic E-state index is -0.510. The molecule has 0 saturated carbocycles. The third-order valence-corrected chi connectivity index (χ3v) is 4.87. The third-order valence-electron chi connectivity index (χ3n) is 3.96. The number of rotatable bonds is 6. The molecule has 0 bridgehead atoms. The van der Waals surface area contributed by atoms with E-state index in [1.54, 1.807) is 42.5 Å². The maximum absolute atomic E-state index is 12.5. The average Bonchev–Trinajstić information content (AvgIpc) is 2.95. The SMILES string of the molecule is Cc1cccc(NC(=O)CN2C(=O)S/C(=C\c3ccc(OCC#N)cc3)C2=O)c1. The molecule has 29 heavy (non-hydrogen) atoms. The van der Waals surface area contributed by atoms with E-state index in [1.165, 1.54) is 0 Å². The first-order chi connectivity index (χ1) is 14.0. The van der Waals surface area contributed by atoms with E-state index in [1.807, 2.05) is 25.1 Å². The molecule has 0 atom stereocenters. The second-order valence-corrected chi connectivity index (χ2v) is 7.19. The standard InChI is InChI=1S/C21H17N3O4S/c1-14-3-2-4-16(11-14)23-19(25)13-24-20(26)18(29-21(24)27)12-15-5-7-17(8-6-15)28-10-9-22/h2-8,11-12H,10,13H2,1H3,(H,23,25)/b18-12-. The van der Waals surface area contributed by atoms with Gasteiger partial charge in [0.15, 0.2) is 6.61 Å². The van der Waals surface area contributed by atoms with Crippen molar-refractivity contribution >= 4 is 40.6 Å². The lowest BCUT2D eigenvalue weighted by Crippen LogP contribution is -2.36. The molecule has 1 fully saturated rings. The lowest BCUT2D eigenvalue weighted by Gasteiger charge is -2.12. The number of anilines is 1. The van der Waals surface area contributed by atoms with Gasteiger partial charge < -0.3 is 10.1 Å². The molecule has 0 spiro atoms. The lowest BCUT2D eigenvalue weighted by molar-refractivity contribution is -0.127. The molecule has 3 amide bonds. The summed E-state index contributed by atoms with van der Waals surface area (Å²) in [6, 6.07) is 15.9. The number of nitrogens with one attached hydrogen (secondary N) is 1. The van der Waals surface area contributed by atoms with Gasteiger partial charge in [0, 0.05) is 5.69 Å². The van der Waals surface area contributed by atoms with Crippen molar-refractivity contribution in [3.63, 3.8) is 0 Å². The Morgan fingerprint density at radius 3 is 2.69 bits per heavy atom. The molecular formula is C21H17N3O4S. The Bertz CT molecular complexity index is 1020. The molecule has 3 rings (SSSR count). The molecule has 1 heterocycles. The molecule has 0 aliphatic carbocycles. The molecule has 1 aliphatic heterocycles. The highest BCUT2D eigenvalue weighted by atomic mass is 32.2. The molecule has 0 radical (unpaired) electrons. The number of amides is 3. The Hall–Kier alpha value is -3.57. The van der Waals surface area contributed by atoms with Crippen LogP contribution in [0.3, 0.4) is 0 Å². The Balaban J connectivity index is 1.65. The Kier molecular flexibility index (Phi) is 6.32. The number of hydrogen-bond donors (Lipinski definition) is 1. The summed E-state index contributed by atoms with van der Waals surface area (Å²) in [6.07, 6.45) is 1.58. The monoisotopic (exact) mass is 407 g/mol. The van der Waals surface area contributed by atoms with Crippen molar-refractivity contribution in [2.24, 2.45) is 0 Å². The summed E-state index contributed by atoms with van der Waals surface area (Å²) in [5.74, 6) is -0.424. The summed E-state index contributed by atoms with van der Waals surface area (Å²) >= 11 is 0.790. The maximum atomic E-state index is 12.5. The van der Waals surface area contributed by atoms with Crippen LogP contribution in [0.5, 0.6) is 5.75 Å². The fourth-order valence-electron chi connectivity index (χ4n) is 2.63. The van der Waals surface area contributed by atoms with Crippen LogP contribution in [0.25, 0.3) is 6.08 Å². The zero-order valence-electron chi connectivity index (χ0n) is 15.5. The Morgan fingerprint density at radius 1 is 1.24 bits per heavy atom. The number of imide groups is 1. The van der Waals surface area contributed by atoms with E-state index in [0.29, 0.717) is 17.0 Å². The first kappa shape index (κ1) is 20.2. The normalized spacial score (nSPS) is 14.8. The third kappa shape index (κ3) is 5.24. The van der Waals surface area contributed by atoms with Gasteiger partial charge in [-0.25, -0.2) is 0 Å². The van der Waals surface area contributed by atoms with E-state index in [2.05, 4.69) is 5.32 Å². The maximum Gasteiger partial charge on any atom is 0.294 e. The topological polar surface area (TPSA) is 99.5 Å². The van der Waals surface area contributed by atoms with E-state index < -0.39 is 17.1 Å². The smallest absolute Gasteiger partial charge is 0.294 e. The molecule has 0 aromatic heterocycles. The second kappa shape index (κ2) is 9.08. The Labute approximate surface area is 172 Å². The number of aryl methyl sites for hydroxylation is 1. The molecule has 1 N–H and O–H groups in total. The van der Waals surface area contributed by atoms with Crippen LogP contribution in [0.2, 0.25) is 0 Å². The van der Waals surface area contributed by atoms with Crippen molar-refractivity contribution in [3.8, 4) is 11.8 Å². The molecule has 1 saturated heterocycles. The van der Waals surface area contributed by atoms with Gasteiger partial charge in [-0.1, -0.05) is 24.3 Å². The molecular weight excluding hydrogens is 390 g/mol. The first-order valence-electron chi connectivity index (χ1n) is 8.68. The van der Waals surface area contributed by atoms with Crippen molar-refractivity contribution in [2.75, 3.05) is 18.5 Å². The van der Waals surface area contributed by atoms with E-state index in [0.717, 1.165) is 22.2 Å². The van der Waals surface area contributed by atoms with Crippen molar-refractivity contribution < 1.29 is 19.1 Å². The highest BCUT2D eigenvalue weighted by molar-refractivity contribution is 8.18. The fourth-order valence-corrected chi connectivity index (χ4v) is 3.47. The predicted molar refractivity (Wildman–Crippen MR) is 110 cm³/mol. The van der Waals surface area contributed by atoms with Crippen molar-refractivity contribution in [1.29, 1.82) is 5.26 Å². The summed E-state index contributed by atoms with van der Waals surface area (Å²) in [7, 11) is 0. The number of nitriles is 1. The van der Waals surface area contributed by atoms with Gasteiger partial charge >= 0.3 is 0 Å². The van der Waals surface area contributed by atoms with E-state index in [4.69, 9.17) is 10.00 Å². The van der Waals surface area contributed by atoms with Crippen LogP contribution in [0.15, 0.2) is 53.4 Å². The fraction of sp³-hybridized carbons (Fsp3) is 0.143. The number of nitrogens with zero attached hydrogens (tertiary/aromatic N) is 2. The van der Waals surface area contributed by atoms with Crippen LogP contribution in [-0.2, 0) is 9.59 Å². The minimum absolute atomic E-state index is 0.0527. The van der Waals surface area contributed by atoms with Gasteiger partial charge in [0.05, 0.1) is 4.91 Å². The van der Waals surface area contributed by atoms with Gasteiger partial charge in [-0.3, -0.25) is 19.3 Å². The zero-order valence-corrected chi connectivity index (χ0v) is 16.4. The van der Waals surface area contributed by atoms with Crippen LogP contribution in [0, 0.1) is 18.3 Å². The van der Waals surface area contributed by atoms with Crippen LogP contribution in [0.4, 0.5) is 10.5 Å². The van der Waals surface area contributed by atoms with E-state index in [-0.39, 0.29) is 18.1 Å². The van der Waals surface area contributed by atoms with Crippen LogP contribution < -0.4 is 10.1 Å². The van der Waals surface area contributed by atoms with Gasteiger partial charge in [-0.05, 0) is 60.2 Å². The van der Waals surface area contributed by atoms with Crippen LogP contribution >= 0.6 is 11.8 Å². The predicted octanol–water partition coefficient (Wildman–Crippen LogP) is 3.57. The second-order valence-electron chi connectivity index (χ2n) is 6.20. The van der Waals surface area contributed by atoms with Crippen molar-refractivity contribution in [2.45, 2.75) is 6.92 Å². The quantitative estimate of drug-likeness (QED) is 0.735. The van der Waals surface area contributed by atoms with E-state index in [9.17, 15) is 14.4 Å². The van der Waals surface area contributed by atoms with Gasteiger partial charge in [-0.2, -0.15) is 5.26 Å². The largest absolute Gasteiger partial charge is 0.479 e. The number of hydrogen-bond acceptors (Lipinski definition) is 6. The molecule has 1 aliphatic rings. The van der Waals surface area contributed by atoms with E-state index >= 15 is 0 Å². The molecule has 7 nitrogen and oxygen atoms in total. The molecule has 146 valence electrons. The molecule has 2 aromatic rings. The van der Waals surface area contributed by atoms with Crippen molar-refractivity contribution in [3.05, 3.63) is 64.6 Å². The number of carbonyl (C=O) groups excluding carboxylic acids is 3. The minimum Gasteiger partial charge on any atom is -0.479 e. The van der Waals surface area contributed by atoms with Gasteiger partial charge in [-0.15, -0.1) is 0 Å². The number of benzene rings is 2. The van der Waals surface area contributed by atoms with Crippen LogP contribution in [-0.4, -0.2) is 35.1 Å². The number of ether oxygens (including phenoxy) is 1. The summed E-state index contributed by atoms with van der Waals surface area (Å²) in [4.78, 5) is 38.1. The summed E-state index contributed by atoms with van der Waals surface area (Å²) in [5, 5.41) is 10.7. The zero-order chi connectivity index (χ0) is 20.8. The highest BCUT2D eigenvalue weighted by Crippen LogP contribution is 2.32. The van der Waals surface area contributed by atoms with Gasteiger partial charge in [0.1, 0.15) is 18.4 Å². The summed E-state index contributed by atoms with van der Waals surface area (Å²) < 4.78 is 5.17. The van der Waals surface area contributed by atoms with Crippen LogP contribution in [0.1, 0.15) is 11.1 Å². The Morgan fingerprint density at radius 2 is 2.00 bits per heavy atom. The average molecular weight is 407 g/mol. The van der Waals surface area contributed by atoms with Gasteiger partial charge in [0.2, 0.25) is 5.91 Å². The molecule has 2 aromatic carbocycles. The molecule has 8 heteroatoms. The number of carbonyl (C=O) groups is 3. The first-order valence-corrected chi connectivity index (χ1v) is 9.49. The van der Waals surface area contributed by atoms with Gasteiger partial charge in [0.25, 0.3) is 11.1 Å². The number of thioether (sulfide) groups is 1. The lowest BCUT2D eigenvalue weighted by atomic mass is 10.2. The van der Waals surface area contributed by atoms with Crippen molar-refractivity contribution in [1.82, 2.24) is 4.90 Å². The molecule has 0 unspecified atom stereocenters. The summed E-state index contributed by atoms with van der Waals surface area (Å²) in [5.41, 5.74) is 2.29. The highest BCUT2D eigenvalue weighted by Gasteiger charge is 2.36. The summed E-state index contributed by atoms with van der Waals surface area (Å²) in [6.45, 7) is 1.50.